The number of nitrogens with two attached hydrogens (primary N) is 1. The molecule has 0 aliphatic rings. The predicted molar refractivity (Wildman–Crippen MR) is 127 cm³/mol. The van der Waals surface area contributed by atoms with Crippen molar-refractivity contribution in [2.24, 2.45) is 5.73 Å². The lowest BCUT2D eigenvalue weighted by molar-refractivity contribution is -0.139. The van der Waals surface area contributed by atoms with Gasteiger partial charge >= 0.3 is 5.97 Å². The number of fused-ring (bicyclic) bond motifs is 1. The number of hydrogen-bond donors (Lipinski definition) is 6. The van der Waals surface area contributed by atoms with Crippen molar-refractivity contribution >= 4 is 34.6 Å². The van der Waals surface area contributed by atoms with Crippen LogP contribution in [0.25, 0.3) is 11.2 Å². The molecule has 0 saturated carbocycles. The van der Waals surface area contributed by atoms with E-state index in [0.29, 0.717) is 23.8 Å². The number of aryl methyl sites for hydroxylation is 1. The van der Waals surface area contributed by atoms with Gasteiger partial charge in [0.1, 0.15) is 11.9 Å². The molecular weight excluding hydrogens is 456 g/mol. The zero-order valence-corrected chi connectivity index (χ0v) is 19.0. The number of anilines is 1. The van der Waals surface area contributed by atoms with Gasteiger partial charge < -0.3 is 31.8 Å². The molecule has 1 unspecified atom stereocenters. The van der Waals surface area contributed by atoms with Crippen LogP contribution in [0.3, 0.4) is 0 Å². The number of aromatic amines is 1. The number of hydrogen-bond acceptors (Lipinski definition) is 9. The number of amides is 2. The summed E-state index contributed by atoms with van der Waals surface area (Å²) in [5.74, 6) is -1.69. The summed E-state index contributed by atoms with van der Waals surface area (Å²) in [5.41, 5.74) is 6.80. The van der Waals surface area contributed by atoms with E-state index in [-0.39, 0.29) is 54.1 Å². The van der Waals surface area contributed by atoms with Crippen LogP contribution in [0.4, 0.5) is 5.69 Å². The van der Waals surface area contributed by atoms with Crippen molar-refractivity contribution < 1.29 is 19.5 Å². The molecule has 2 amide bonds. The molecule has 13 heteroatoms. The number of carboxylic acids is 1. The summed E-state index contributed by atoms with van der Waals surface area (Å²) in [6.07, 6.45) is 1.41. The highest BCUT2D eigenvalue weighted by Crippen LogP contribution is 2.12. The molecule has 2 aromatic heterocycles. The molecule has 0 fully saturated rings. The number of nitrogens with zero attached hydrogens (tertiary/aromatic N) is 3. The van der Waals surface area contributed by atoms with Crippen molar-refractivity contribution in [3.05, 3.63) is 57.9 Å². The van der Waals surface area contributed by atoms with E-state index >= 15 is 0 Å². The van der Waals surface area contributed by atoms with Crippen LogP contribution in [-0.2, 0) is 16.1 Å². The Labute approximate surface area is 199 Å². The fourth-order valence-electron chi connectivity index (χ4n) is 3.16. The largest absolute Gasteiger partial charge is 0.480 e. The maximum absolute atomic E-state index is 12.5. The molecule has 0 bridgehead atoms. The van der Waals surface area contributed by atoms with Gasteiger partial charge in [0.25, 0.3) is 11.5 Å². The molecular formula is C22H26N8O5. The number of rotatable bonds is 11. The monoisotopic (exact) mass is 482 g/mol. The van der Waals surface area contributed by atoms with Crippen LogP contribution >= 0.6 is 0 Å². The number of aliphatic carboxylic acids is 1. The number of carboxylic acid groups (broad SMARTS) is 1. The summed E-state index contributed by atoms with van der Waals surface area (Å²) in [6, 6.07) is 5.16. The highest BCUT2D eigenvalue weighted by molar-refractivity contribution is 5.97. The Morgan fingerprint density at radius 2 is 1.91 bits per heavy atom. The molecule has 1 aromatic carbocycles. The summed E-state index contributed by atoms with van der Waals surface area (Å²) in [5, 5.41) is 17.5. The van der Waals surface area contributed by atoms with E-state index in [4.69, 9.17) is 5.73 Å². The molecule has 184 valence electrons. The molecule has 3 rings (SSSR count). The van der Waals surface area contributed by atoms with Crippen LogP contribution in [0.5, 0.6) is 0 Å². The topological polar surface area (TPSA) is 205 Å². The van der Waals surface area contributed by atoms with Crippen molar-refractivity contribution in [3.8, 4) is 0 Å². The average Bonchev–Trinajstić information content (AvgIpc) is 2.84. The van der Waals surface area contributed by atoms with Crippen molar-refractivity contribution in [1.29, 1.82) is 0 Å². The third-order valence-electron chi connectivity index (χ3n) is 4.94. The van der Waals surface area contributed by atoms with Gasteiger partial charge in [-0.2, -0.15) is 0 Å². The van der Waals surface area contributed by atoms with Gasteiger partial charge in [0.05, 0.1) is 18.4 Å². The van der Waals surface area contributed by atoms with E-state index in [2.05, 4.69) is 35.9 Å². The van der Waals surface area contributed by atoms with Crippen molar-refractivity contribution in [1.82, 2.24) is 30.6 Å². The third kappa shape index (κ3) is 7.04. The number of nitrogens with one attached hydrogen (secondary N) is 4. The average molecular weight is 483 g/mol. The molecule has 1 atom stereocenters. The van der Waals surface area contributed by atoms with Gasteiger partial charge in [0.15, 0.2) is 11.2 Å². The quantitative estimate of drug-likeness (QED) is 0.210. The lowest BCUT2D eigenvalue weighted by Gasteiger charge is -2.15. The zero-order chi connectivity index (χ0) is 25.4. The molecule has 0 spiro atoms. The third-order valence-corrected chi connectivity index (χ3v) is 4.94. The smallest absolute Gasteiger partial charge is 0.326 e. The minimum atomic E-state index is -1.23. The maximum Gasteiger partial charge on any atom is 0.326 e. The molecule has 13 nitrogen and oxygen atoms in total. The standard InChI is InChI=1S/C22H26N8O5/c1-12-27-19-18(21(33)28-12)29-15(11-26-19)10-25-14-4-2-13(3-5-14)20(32)30-16(22(34)35)6-7-17(31)24-9-8-23/h2-5,11,16,25H,6-10,23H2,1H3,(H,24,31)(H,30,32)(H,34,35)(H,26,27,28,33). The van der Waals surface area contributed by atoms with Gasteiger partial charge in [0.2, 0.25) is 5.91 Å². The number of carbonyl (C=O) groups excluding carboxylic acids is 2. The second kappa shape index (κ2) is 11.7. The number of H-pyrrole nitrogens is 1. The molecule has 35 heavy (non-hydrogen) atoms. The zero-order valence-electron chi connectivity index (χ0n) is 19.0. The number of aromatic nitrogens is 4. The van der Waals surface area contributed by atoms with Crippen LogP contribution in [0.15, 0.2) is 35.3 Å². The van der Waals surface area contributed by atoms with Crippen molar-refractivity contribution in [2.75, 3.05) is 18.4 Å². The second-order valence-corrected chi connectivity index (χ2v) is 7.66. The Morgan fingerprint density at radius 3 is 2.60 bits per heavy atom. The van der Waals surface area contributed by atoms with Gasteiger partial charge in [0, 0.05) is 30.8 Å². The molecule has 7 N–H and O–H groups in total. The Balaban J connectivity index is 1.57. The van der Waals surface area contributed by atoms with Gasteiger partial charge in [-0.25, -0.2) is 19.7 Å². The van der Waals surface area contributed by atoms with E-state index in [1.807, 2.05) is 0 Å². The first-order chi connectivity index (χ1) is 16.8. The number of benzene rings is 1. The maximum atomic E-state index is 12.5. The van der Waals surface area contributed by atoms with Crippen molar-refractivity contribution in [2.45, 2.75) is 32.4 Å². The van der Waals surface area contributed by atoms with Gasteiger partial charge in [-0.1, -0.05) is 0 Å². The summed E-state index contributed by atoms with van der Waals surface area (Å²) in [6.45, 7) is 2.51. The normalized spacial score (nSPS) is 11.6. The Bertz CT molecular complexity index is 1280. The van der Waals surface area contributed by atoms with Gasteiger partial charge in [-0.05, 0) is 37.6 Å². The molecule has 3 aromatic rings. The van der Waals surface area contributed by atoms with E-state index in [1.54, 1.807) is 19.1 Å². The van der Waals surface area contributed by atoms with E-state index in [0.717, 1.165) is 0 Å². The first-order valence-corrected chi connectivity index (χ1v) is 10.8. The molecule has 2 heterocycles. The summed E-state index contributed by atoms with van der Waals surface area (Å²) in [7, 11) is 0. The first kappa shape index (κ1) is 25.2. The Morgan fingerprint density at radius 1 is 1.17 bits per heavy atom. The lowest BCUT2D eigenvalue weighted by Crippen LogP contribution is -2.41. The Kier molecular flexibility index (Phi) is 8.40. The second-order valence-electron chi connectivity index (χ2n) is 7.66. The van der Waals surface area contributed by atoms with E-state index < -0.39 is 17.9 Å². The molecule has 0 aliphatic carbocycles. The van der Waals surface area contributed by atoms with Crippen LogP contribution in [0.2, 0.25) is 0 Å². The van der Waals surface area contributed by atoms with Gasteiger partial charge in [-0.3, -0.25) is 14.4 Å². The number of carbonyl (C=O) groups is 3. The predicted octanol–water partition coefficient (Wildman–Crippen LogP) is -0.328. The summed E-state index contributed by atoms with van der Waals surface area (Å²) in [4.78, 5) is 62.8. The van der Waals surface area contributed by atoms with Gasteiger partial charge in [-0.15, -0.1) is 0 Å². The van der Waals surface area contributed by atoms with Crippen LogP contribution in [-0.4, -0.2) is 62.0 Å². The minimum Gasteiger partial charge on any atom is -0.480 e. The fraction of sp³-hybridized carbons (Fsp3) is 0.318. The van der Waals surface area contributed by atoms with Crippen LogP contribution in [0, 0.1) is 6.92 Å². The highest BCUT2D eigenvalue weighted by Gasteiger charge is 2.21. The van der Waals surface area contributed by atoms with Crippen molar-refractivity contribution in [3.63, 3.8) is 0 Å². The summed E-state index contributed by atoms with van der Waals surface area (Å²) >= 11 is 0. The highest BCUT2D eigenvalue weighted by atomic mass is 16.4. The first-order valence-electron chi connectivity index (χ1n) is 10.8. The van der Waals surface area contributed by atoms with E-state index in [1.165, 1.54) is 18.3 Å². The minimum absolute atomic E-state index is 0.0537. The van der Waals surface area contributed by atoms with Crippen LogP contribution < -0.4 is 27.2 Å². The Hall–Kier alpha value is -4.39. The molecule has 0 saturated heterocycles. The SMILES string of the molecule is Cc1nc2ncc(CNc3ccc(C(=O)NC(CCC(=O)NCCN)C(=O)O)cc3)nc2c(=O)[nH]1. The fourth-order valence-corrected chi connectivity index (χ4v) is 3.16. The van der Waals surface area contributed by atoms with Crippen LogP contribution in [0.1, 0.15) is 34.7 Å². The lowest BCUT2D eigenvalue weighted by atomic mass is 10.1. The summed E-state index contributed by atoms with van der Waals surface area (Å²) < 4.78 is 0. The molecule has 0 aliphatic heterocycles. The van der Waals surface area contributed by atoms with E-state index in [9.17, 15) is 24.3 Å². The molecule has 0 radical (unpaired) electrons.